The summed E-state index contributed by atoms with van der Waals surface area (Å²) in [5.41, 5.74) is 0.936. The summed E-state index contributed by atoms with van der Waals surface area (Å²) in [4.78, 5) is 12.0. The molecule has 0 fully saturated rings. The first-order valence-electron chi connectivity index (χ1n) is 9.25. The summed E-state index contributed by atoms with van der Waals surface area (Å²) in [7, 11) is -2.22. The van der Waals surface area contributed by atoms with Gasteiger partial charge in [0, 0.05) is 18.7 Å². The van der Waals surface area contributed by atoms with Gasteiger partial charge in [-0.25, -0.2) is 22.1 Å². The highest BCUT2D eigenvalue weighted by Crippen LogP contribution is 2.35. The van der Waals surface area contributed by atoms with Crippen molar-refractivity contribution in [1.82, 2.24) is 9.61 Å². The highest BCUT2D eigenvalue weighted by molar-refractivity contribution is 7.92. The second-order valence-corrected chi connectivity index (χ2v) is 8.83. The van der Waals surface area contributed by atoms with E-state index >= 15 is 0 Å². The summed E-state index contributed by atoms with van der Waals surface area (Å²) < 4.78 is 45.6. The van der Waals surface area contributed by atoms with Crippen molar-refractivity contribution in [3.63, 3.8) is 0 Å². The molecule has 0 saturated heterocycles. The van der Waals surface area contributed by atoms with Crippen molar-refractivity contribution >= 4 is 27.2 Å². The number of carbonyl (C=O) groups is 1. The van der Waals surface area contributed by atoms with E-state index in [0.29, 0.717) is 12.2 Å². The fourth-order valence-electron chi connectivity index (χ4n) is 2.94. The maximum atomic E-state index is 13.3. The van der Waals surface area contributed by atoms with Crippen molar-refractivity contribution in [2.45, 2.75) is 19.8 Å². The van der Waals surface area contributed by atoms with Crippen LogP contribution in [0.1, 0.15) is 30.1 Å². The average Bonchev–Trinajstić information content (AvgIpc) is 3.05. The predicted octanol–water partition coefficient (Wildman–Crippen LogP) is 3.41. The number of pyridine rings is 1. The largest absolute Gasteiger partial charge is 0.491 e. The highest BCUT2D eigenvalue weighted by Gasteiger charge is 2.25. The van der Waals surface area contributed by atoms with Gasteiger partial charge in [0.25, 0.3) is 0 Å². The van der Waals surface area contributed by atoms with Crippen molar-refractivity contribution < 1.29 is 27.4 Å². The minimum atomic E-state index is -3.60. The lowest BCUT2D eigenvalue weighted by atomic mass is 10.1. The number of halogens is 1. The quantitative estimate of drug-likeness (QED) is 0.544. The molecule has 0 amide bonds. The number of aromatic nitrogens is 2. The summed E-state index contributed by atoms with van der Waals surface area (Å²) in [6.45, 7) is 2.34. The van der Waals surface area contributed by atoms with Gasteiger partial charge in [0.05, 0.1) is 24.6 Å². The van der Waals surface area contributed by atoms with Gasteiger partial charge in [0.2, 0.25) is 10.0 Å². The smallest absolute Gasteiger partial charge is 0.340 e. The van der Waals surface area contributed by atoms with Gasteiger partial charge in [-0.2, -0.15) is 5.10 Å². The van der Waals surface area contributed by atoms with Gasteiger partial charge in [0.1, 0.15) is 28.5 Å². The summed E-state index contributed by atoms with van der Waals surface area (Å²) in [6, 6.07) is 6.77. The normalized spacial score (nSPS) is 11.6. The number of unbranched alkanes of at least 4 members (excludes halogenated alkanes) is 1. The van der Waals surface area contributed by atoms with Gasteiger partial charge in [-0.1, -0.05) is 13.3 Å². The van der Waals surface area contributed by atoms with E-state index in [1.165, 1.54) is 48.1 Å². The van der Waals surface area contributed by atoms with E-state index in [1.807, 2.05) is 6.92 Å². The summed E-state index contributed by atoms with van der Waals surface area (Å²) in [6.07, 6.45) is 4.10. The molecule has 0 radical (unpaired) electrons. The number of rotatable bonds is 8. The molecule has 10 heteroatoms. The van der Waals surface area contributed by atoms with Gasteiger partial charge in [0.15, 0.2) is 0 Å². The van der Waals surface area contributed by atoms with E-state index < -0.39 is 21.8 Å². The number of aromatic carboxylic acids is 1. The molecule has 8 nitrogen and oxygen atoms in total. The van der Waals surface area contributed by atoms with Crippen LogP contribution in [0.5, 0.6) is 5.75 Å². The monoisotopic (exact) mass is 435 g/mol. The number of carboxylic acid groups (broad SMARTS) is 1. The van der Waals surface area contributed by atoms with Crippen LogP contribution in [0.3, 0.4) is 0 Å². The first kappa shape index (κ1) is 21.6. The molecule has 0 aliphatic carbocycles. The average molecular weight is 435 g/mol. The lowest BCUT2D eigenvalue weighted by molar-refractivity contribution is 0.0700. The molecule has 0 spiro atoms. The van der Waals surface area contributed by atoms with Crippen LogP contribution in [0.2, 0.25) is 0 Å². The van der Waals surface area contributed by atoms with E-state index in [2.05, 4.69) is 5.10 Å². The highest BCUT2D eigenvalue weighted by atomic mass is 32.2. The zero-order valence-electron chi connectivity index (χ0n) is 16.8. The van der Waals surface area contributed by atoms with E-state index in [1.54, 1.807) is 0 Å². The molecular formula is C20H22FN3O5S. The van der Waals surface area contributed by atoms with Crippen LogP contribution in [-0.4, -0.2) is 49.0 Å². The molecule has 0 aliphatic heterocycles. The first-order valence-corrected chi connectivity index (χ1v) is 11.1. The Bertz CT molecular complexity index is 1190. The zero-order chi connectivity index (χ0) is 22.1. The van der Waals surface area contributed by atoms with Crippen LogP contribution in [0.25, 0.3) is 16.8 Å². The molecule has 0 saturated carbocycles. The minimum absolute atomic E-state index is 0.0875. The molecule has 3 rings (SSSR count). The Kier molecular flexibility index (Phi) is 5.97. The summed E-state index contributed by atoms with van der Waals surface area (Å²) in [5, 5.41) is 14.1. The molecule has 1 N–H and O–H groups in total. The third-order valence-corrected chi connectivity index (χ3v) is 5.83. The Morgan fingerprint density at radius 1 is 1.30 bits per heavy atom. The molecule has 3 aromatic rings. The van der Waals surface area contributed by atoms with E-state index in [0.717, 1.165) is 23.4 Å². The number of anilines is 1. The lowest BCUT2D eigenvalue weighted by Gasteiger charge is -2.20. The van der Waals surface area contributed by atoms with Crippen molar-refractivity contribution in [1.29, 1.82) is 0 Å². The van der Waals surface area contributed by atoms with Crippen LogP contribution < -0.4 is 9.04 Å². The fraction of sp³-hybridized carbons (Fsp3) is 0.300. The Labute approximate surface area is 173 Å². The maximum Gasteiger partial charge on any atom is 0.340 e. The first-order chi connectivity index (χ1) is 14.1. The molecule has 2 aromatic heterocycles. The second-order valence-electron chi connectivity index (χ2n) is 6.82. The minimum Gasteiger partial charge on any atom is -0.491 e. The Balaban J connectivity index is 2.26. The molecule has 2 heterocycles. The maximum absolute atomic E-state index is 13.3. The number of carboxylic acids is 1. The Morgan fingerprint density at radius 3 is 2.53 bits per heavy atom. The van der Waals surface area contributed by atoms with Crippen LogP contribution in [0.15, 0.2) is 36.5 Å². The van der Waals surface area contributed by atoms with Crippen LogP contribution in [0.4, 0.5) is 10.1 Å². The number of ether oxygens (including phenoxy) is 1. The molecule has 30 heavy (non-hydrogen) atoms. The predicted molar refractivity (Wildman–Crippen MR) is 111 cm³/mol. The zero-order valence-corrected chi connectivity index (χ0v) is 17.6. The third-order valence-electron chi connectivity index (χ3n) is 4.64. The number of hydrogen-bond donors (Lipinski definition) is 1. The molecular weight excluding hydrogens is 413 g/mol. The molecule has 1 aromatic carbocycles. The van der Waals surface area contributed by atoms with Crippen molar-refractivity contribution in [3.05, 3.63) is 47.9 Å². The third kappa shape index (κ3) is 4.23. The summed E-state index contributed by atoms with van der Waals surface area (Å²) in [5.74, 6) is -1.44. The lowest BCUT2D eigenvalue weighted by Crippen LogP contribution is -2.26. The number of hydrogen-bond acceptors (Lipinski definition) is 5. The molecule has 0 atom stereocenters. The topological polar surface area (TPSA) is 101 Å². The number of nitrogens with zero attached hydrogens (tertiary/aromatic N) is 3. The van der Waals surface area contributed by atoms with Crippen molar-refractivity contribution in [2.24, 2.45) is 0 Å². The number of benzene rings is 1. The van der Waals surface area contributed by atoms with E-state index in [-0.39, 0.29) is 28.2 Å². The van der Waals surface area contributed by atoms with Gasteiger partial charge in [-0.3, -0.25) is 4.31 Å². The number of fused-ring (bicyclic) bond motifs is 1. The van der Waals surface area contributed by atoms with Gasteiger partial charge < -0.3 is 9.84 Å². The van der Waals surface area contributed by atoms with Crippen LogP contribution >= 0.6 is 0 Å². The van der Waals surface area contributed by atoms with Gasteiger partial charge in [-0.05, 0) is 30.7 Å². The van der Waals surface area contributed by atoms with E-state index in [4.69, 9.17) is 4.74 Å². The van der Waals surface area contributed by atoms with Crippen LogP contribution in [-0.2, 0) is 10.0 Å². The molecule has 160 valence electrons. The second kappa shape index (κ2) is 8.31. The molecule has 0 unspecified atom stereocenters. The fourth-order valence-corrected chi connectivity index (χ4v) is 3.43. The Hall–Kier alpha value is -3.14. The molecule has 0 bridgehead atoms. The van der Waals surface area contributed by atoms with Crippen LogP contribution in [0, 0.1) is 5.82 Å². The number of sulfonamides is 1. The summed E-state index contributed by atoms with van der Waals surface area (Å²) >= 11 is 0. The molecule has 0 aliphatic rings. The van der Waals surface area contributed by atoms with Crippen molar-refractivity contribution in [2.75, 3.05) is 24.2 Å². The standard InChI is InChI=1S/C20H22FN3O5S/c1-4-5-10-29-17-11-15-18(20(25)26)19(13-6-8-14(21)9-7-13)22-24(15)12-16(17)23(2)30(3,27)28/h6-9,11-12H,4-5,10H2,1-3H3,(H,25,26). The van der Waals surface area contributed by atoms with E-state index in [9.17, 15) is 22.7 Å². The van der Waals surface area contributed by atoms with Gasteiger partial charge in [-0.15, -0.1) is 0 Å². The van der Waals surface area contributed by atoms with Crippen molar-refractivity contribution in [3.8, 4) is 17.0 Å². The Morgan fingerprint density at radius 2 is 1.97 bits per heavy atom. The SMILES string of the molecule is CCCCOc1cc2c(C(=O)O)c(-c3ccc(F)cc3)nn2cc1N(C)S(C)(=O)=O. The van der Waals surface area contributed by atoms with Gasteiger partial charge >= 0.3 is 5.97 Å².